The first-order valence-corrected chi connectivity index (χ1v) is 5.39. The van der Waals surface area contributed by atoms with Gasteiger partial charge in [-0.05, 0) is 19.1 Å². The molecule has 1 amide bonds. The Morgan fingerprint density at radius 2 is 2.22 bits per heavy atom. The summed E-state index contributed by atoms with van der Waals surface area (Å²) in [5.74, 6) is 0.707. The largest absolute Gasteiger partial charge is 0.496 e. The number of nitrogens with one attached hydrogen (secondary N) is 2. The molecular formula is C11H13N5O2. The molecule has 0 aliphatic carbocycles. The molecule has 1 unspecified atom stereocenters. The van der Waals surface area contributed by atoms with Gasteiger partial charge in [0.2, 0.25) is 0 Å². The van der Waals surface area contributed by atoms with Crippen LogP contribution >= 0.6 is 0 Å². The van der Waals surface area contributed by atoms with Crippen LogP contribution in [0, 0.1) is 0 Å². The van der Waals surface area contributed by atoms with Gasteiger partial charge in [0.25, 0.3) is 5.91 Å². The Morgan fingerprint density at radius 1 is 1.44 bits per heavy atom. The molecule has 0 aliphatic rings. The van der Waals surface area contributed by atoms with Gasteiger partial charge in [-0.1, -0.05) is 17.3 Å². The fourth-order valence-corrected chi connectivity index (χ4v) is 1.52. The van der Waals surface area contributed by atoms with E-state index in [0.29, 0.717) is 17.1 Å². The van der Waals surface area contributed by atoms with Crippen molar-refractivity contribution in [1.29, 1.82) is 0 Å². The molecule has 2 rings (SSSR count). The van der Waals surface area contributed by atoms with Gasteiger partial charge in [-0.25, -0.2) is 0 Å². The number of ether oxygens (including phenoxy) is 1. The van der Waals surface area contributed by atoms with Crippen LogP contribution < -0.4 is 10.1 Å². The van der Waals surface area contributed by atoms with Gasteiger partial charge < -0.3 is 10.1 Å². The van der Waals surface area contributed by atoms with E-state index >= 15 is 0 Å². The van der Waals surface area contributed by atoms with E-state index in [1.165, 1.54) is 7.11 Å². The number of methoxy groups -OCH3 is 1. The van der Waals surface area contributed by atoms with E-state index < -0.39 is 0 Å². The molecular weight excluding hydrogens is 234 g/mol. The number of H-pyrrole nitrogens is 1. The maximum atomic E-state index is 12.1. The van der Waals surface area contributed by atoms with Crippen molar-refractivity contribution in [1.82, 2.24) is 25.9 Å². The number of carbonyl (C=O) groups excluding carboxylic acids is 1. The van der Waals surface area contributed by atoms with Crippen molar-refractivity contribution in [3.8, 4) is 5.75 Å². The number of aromatic nitrogens is 4. The number of nitrogens with zero attached hydrogens (tertiary/aromatic N) is 3. The molecule has 7 heteroatoms. The quantitative estimate of drug-likeness (QED) is 0.829. The van der Waals surface area contributed by atoms with Crippen molar-refractivity contribution in [3.05, 3.63) is 35.7 Å². The number of para-hydroxylation sites is 1. The van der Waals surface area contributed by atoms with E-state index in [9.17, 15) is 4.79 Å². The molecule has 1 aromatic heterocycles. The number of aromatic amines is 1. The first kappa shape index (κ1) is 12.0. The minimum atomic E-state index is -0.332. The Bertz CT molecular complexity index is 526. The van der Waals surface area contributed by atoms with Crippen LogP contribution in [-0.4, -0.2) is 33.6 Å². The lowest BCUT2D eigenvalue weighted by Crippen LogP contribution is -2.27. The molecule has 1 heterocycles. The molecule has 0 aliphatic heterocycles. The maximum absolute atomic E-state index is 12.1. The highest BCUT2D eigenvalue weighted by atomic mass is 16.5. The number of tetrazole rings is 1. The molecule has 7 nitrogen and oxygen atoms in total. The third kappa shape index (κ3) is 2.45. The average Bonchev–Trinajstić information content (AvgIpc) is 2.92. The topological polar surface area (TPSA) is 92.8 Å². The fraction of sp³-hybridized carbons (Fsp3) is 0.273. The standard InChI is InChI=1S/C11H13N5O2/c1-7(10-13-15-16-14-10)12-11(17)8-5-3-4-6-9(8)18-2/h3-7H,1-2H3,(H,12,17)(H,13,14,15,16). The molecule has 2 aromatic rings. The minimum absolute atomic E-state index is 0.246. The molecule has 0 spiro atoms. The summed E-state index contributed by atoms with van der Waals surface area (Å²) >= 11 is 0. The van der Waals surface area contributed by atoms with Crippen LogP contribution in [0.2, 0.25) is 0 Å². The summed E-state index contributed by atoms with van der Waals surface area (Å²) in [7, 11) is 1.52. The van der Waals surface area contributed by atoms with E-state index in [1.807, 2.05) is 0 Å². The molecule has 94 valence electrons. The van der Waals surface area contributed by atoms with Gasteiger partial charge in [0.15, 0.2) is 5.82 Å². The van der Waals surface area contributed by atoms with Gasteiger partial charge in [0, 0.05) is 0 Å². The van der Waals surface area contributed by atoms with E-state index in [1.54, 1.807) is 31.2 Å². The van der Waals surface area contributed by atoms with Crippen molar-refractivity contribution < 1.29 is 9.53 Å². The van der Waals surface area contributed by atoms with E-state index in [2.05, 4.69) is 25.9 Å². The zero-order valence-corrected chi connectivity index (χ0v) is 10.0. The van der Waals surface area contributed by atoms with Gasteiger partial charge in [0.1, 0.15) is 5.75 Å². The Labute approximate surface area is 104 Å². The highest BCUT2D eigenvalue weighted by molar-refractivity contribution is 5.97. The summed E-state index contributed by atoms with van der Waals surface area (Å²) in [6, 6.07) is 6.67. The molecule has 0 fully saturated rings. The number of hydrogen-bond donors (Lipinski definition) is 2. The lowest BCUT2D eigenvalue weighted by Gasteiger charge is -2.12. The van der Waals surface area contributed by atoms with Crippen molar-refractivity contribution in [2.45, 2.75) is 13.0 Å². The predicted octanol–water partition coefficient (Wildman–Crippen LogP) is 0.699. The predicted molar refractivity (Wildman–Crippen MR) is 63.1 cm³/mol. The van der Waals surface area contributed by atoms with Crippen molar-refractivity contribution in [2.75, 3.05) is 7.11 Å². The van der Waals surface area contributed by atoms with E-state index in [0.717, 1.165) is 0 Å². The van der Waals surface area contributed by atoms with Crippen LogP contribution in [0.1, 0.15) is 29.1 Å². The third-order valence-corrected chi connectivity index (χ3v) is 2.45. The van der Waals surface area contributed by atoms with Gasteiger partial charge in [-0.3, -0.25) is 4.79 Å². The van der Waals surface area contributed by atoms with Crippen LogP contribution in [0.25, 0.3) is 0 Å². The average molecular weight is 247 g/mol. The zero-order chi connectivity index (χ0) is 13.0. The number of rotatable bonds is 4. The lowest BCUT2D eigenvalue weighted by atomic mass is 10.1. The summed E-state index contributed by atoms with van der Waals surface area (Å²) in [5.41, 5.74) is 0.468. The Kier molecular flexibility index (Phi) is 3.52. The second kappa shape index (κ2) is 5.26. The third-order valence-electron chi connectivity index (χ3n) is 2.45. The van der Waals surface area contributed by atoms with E-state index in [4.69, 9.17) is 4.74 Å². The van der Waals surface area contributed by atoms with Gasteiger partial charge in [0.05, 0.1) is 18.7 Å². The molecule has 18 heavy (non-hydrogen) atoms. The molecule has 0 bridgehead atoms. The molecule has 0 saturated carbocycles. The van der Waals surface area contributed by atoms with Crippen molar-refractivity contribution in [3.63, 3.8) is 0 Å². The highest BCUT2D eigenvalue weighted by Crippen LogP contribution is 2.18. The fourth-order valence-electron chi connectivity index (χ4n) is 1.52. The second-order valence-electron chi connectivity index (χ2n) is 3.67. The van der Waals surface area contributed by atoms with Gasteiger partial charge in [-0.15, -0.1) is 10.2 Å². The summed E-state index contributed by atoms with van der Waals surface area (Å²) in [4.78, 5) is 12.1. The van der Waals surface area contributed by atoms with Crippen molar-refractivity contribution in [2.24, 2.45) is 0 Å². The van der Waals surface area contributed by atoms with Crippen LogP contribution in [0.5, 0.6) is 5.75 Å². The van der Waals surface area contributed by atoms with Crippen LogP contribution in [-0.2, 0) is 0 Å². The molecule has 2 N–H and O–H groups in total. The van der Waals surface area contributed by atoms with Crippen LogP contribution in [0.3, 0.4) is 0 Å². The highest BCUT2D eigenvalue weighted by Gasteiger charge is 2.17. The maximum Gasteiger partial charge on any atom is 0.255 e. The molecule has 1 atom stereocenters. The summed E-state index contributed by atoms with van der Waals surface area (Å²) < 4.78 is 5.13. The SMILES string of the molecule is COc1ccccc1C(=O)NC(C)c1nn[nH]n1. The zero-order valence-electron chi connectivity index (χ0n) is 10.0. The Hall–Kier alpha value is -2.44. The summed E-state index contributed by atoms with van der Waals surface area (Å²) in [5, 5.41) is 16.2. The molecule has 0 saturated heterocycles. The second-order valence-corrected chi connectivity index (χ2v) is 3.67. The first-order valence-electron chi connectivity index (χ1n) is 5.39. The Balaban J connectivity index is 2.12. The first-order chi connectivity index (χ1) is 8.72. The molecule has 1 aromatic carbocycles. The summed E-state index contributed by atoms with van der Waals surface area (Å²) in [6.07, 6.45) is 0. The van der Waals surface area contributed by atoms with Crippen molar-refractivity contribution >= 4 is 5.91 Å². The van der Waals surface area contributed by atoms with Crippen LogP contribution in [0.4, 0.5) is 0 Å². The molecule has 0 radical (unpaired) electrons. The number of benzene rings is 1. The number of amides is 1. The Morgan fingerprint density at radius 3 is 2.89 bits per heavy atom. The van der Waals surface area contributed by atoms with Gasteiger partial charge in [-0.2, -0.15) is 5.21 Å². The smallest absolute Gasteiger partial charge is 0.255 e. The normalized spacial score (nSPS) is 11.9. The van der Waals surface area contributed by atoms with E-state index in [-0.39, 0.29) is 11.9 Å². The number of hydrogen-bond acceptors (Lipinski definition) is 5. The summed E-state index contributed by atoms with van der Waals surface area (Å²) in [6.45, 7) is 1.78. The van der Waals surface area contributed by atoms with Gasteiger partial charge >= 0.3 is 0 Å². The number of carbonyl (C=O) groups is 1. The lowest BCUT2D eigenvalue weighted by molar-refractivity contribution is 0.0935. The monoisotopic (exact) mass is 247 g/mol. The van der Waals surface area contributed by atoms with Crippen LogP contribution in [0.15, 0.2) is 24.3 Å². The minimum Gasteiger partial charge on any atom is -0.496 e.